The van der Waals surface area contributed by atoms with Gasteiger partial charge in [-0.25, -0.2) is 13.6 Å². The molecule has 0 aliphatic carbocycles. The summed E-state index contributed by atoms with van der Waals surface area (Å²) in [4.78, 5) is 10.7. The molecule has 0 amide bonds. The van der Waals surface area contributed by atoms with E-state index in [1.165, 1.54) is 7.05 Å². The molecule has 0 bridgehead atoms. The fourth-order valence-electron chi connectivity index (χ4n) is 1.56. The Morgan fingerprint density at radius 3 is 2.50 bits per heavy atom. The molecule has 5 nitrogen and oxygen atoms in total. The summed E-state index contributed by atoms with van der Waals surface area (Å²) in [5.41, 5.74) is -0.350. The number of carboxylic acid groups (broad SMARTS) is 1. The summed E-state index contributed by atoms with van der Waals surface area (Å²) in [5, 5.41) is 21.4. The number of hydrogen-bond acceptors (Lipinski definition) is 3. The highest BCUT2D eigenvalue weighted by molar-refractivity contribution is 5.87. The zero-order chi connectivity index (χ0) is 13.4. The molecule has 0 saturated heterocycles. The minimum Gasteiger partial charge on any atom is -0.505 e. The molecular formula is C11H8F2N2O3. The number of aryl methyl sites for hydroxylation is 1. The molecule has 1 aromatic carbocycles. The smallest absolute Gasteiger partial charge is 0.356 e. The summed E-state index contributed by atoms with van der Waals surface area (Å²) in [6.07, 6.45) is 0. The van der Waals surface area contributed by atoms with Gasteiger partial charge in [0.15, 0.2) is 17.3 Å². The second kappa shape index (κ2) is 4.10. The van der Waals surface area contributed by atoms with E-state index in [9.17, 15) is 13.6 Å². The maximum atomic E-state index is 13.6. The van der Waals surface area contributed by atoms with Crippen molar-refractivity contribution in [2.45, 2.75) is 0 Å². The number of aromatic carboxylic acids is 1. The zero-order valence-electron chi connectivity index (χ0n) is 9.19. The summed E-state index contributed by atoms with van der Waals surface area (Å²) in [6.45, 7) is 0. The van der Waals surface area contributed by atoms with Crippen LogP contribution in [0.25, 0.3) is 11.3 Å². The minimum atomic E-state index is -1.27. The van der Waals surface area contributed by atoms with Gasteiger partial charge in [0.05, 0.1) is 5.69 Å². The molecule has 1 aromatic heterocycles. The van der Waals surface area contributed by atoms with Crippen LogP contribution >= 0.6 is 0 Å². The lowest BCUT2D eigenvalue weighted by Gasteiger charge is -2.04. The largest absolute Gasteiger partial charge is 0.505 e. The zero-order valence-corrected chi connectivity index (χ0v) is 9.19. The van der Waals surface area contributed by atoms with Crippen LogP contribution in [0.1, 0.15) is 10.5 Å². The van der Waals surface area contributed by atoms with Crippen LogP contribution in [0.4, 0.5) is 8.78 Å². The standard InChI is InChI=1S/C11H8F2N2O3/c1-15-9(4-8(14-15)11(17)18)5-2-7(13)10(16)3-6(5)12/h2-4,16H,1H3,(H,17,18). The van der Waals surface area contributed by atoms with Crippen molar-refractivity contribution < 1.29 is 23.8 Å². The van der Waals surface area contributed by atoms with Gasteiger partial charge in [-0.05, 0) is 12.1 Å². The first-order valence-electron chi connectivity index (χ1n) is 4.86. The summed E-state index contributed by atoms with van der Waals surface area (Å²) < 4.78 is 27.9. The van der Waals surface area contributed by atoms with Gasteiger partial charge in [0.25, 0.3) is 0 Å². The van der Waals surface area contributed by atoms with E-state index in [0.717, 1.165) is 16.8 Å². The molecule has 0 saturated carbocycles. The van der Waals surface area contributed by atoms with Crippen LogP contribution in [-0.4, -0.2) is 26.0 Å². The Bertz CT molecular complexity index is 637. The van der Waals surface area contributed by atoms with Gasteiger partial charge < -0.3 is 10.2 Å². The highest BCUT2D eigenvalue weighted by atomic mass is 19.1. The van der Waals surface area contributed by atoms with Crippen LogP contribution in [0.3, 0.4) is 0 Å². The fourth-order valence-corrected chi connectivity index (χ4v) is 1.56. The van der Waals surface area contributed by atoms with Gasteiger partial charge in [-0.3, -0.25) is 4.68 Å². The molecule has 0 fully saturated rings. The van der Waals surface area contributed by atoms with Gasteiger partial charge in [-0.15, -0.1) is 0 Å². The van der Waals surface area contributed by atoms with E-state index in [0.29, 0.717) is 6.07 Å². The lowest BCUT2D eigenvalue weighted by atomic mass is 10.1. The third-order valence-electron chi connectivity index (χ3n) is 2.41. The summed E-state index contributed by atoms with van der Waals surface area (Å²) in [6, 6.07) is 2.53. The lowest BCUT2D eigenvalue weighted by molar-refractivity contribution is 0.0689. The van der Waals surface area contributed by atoms with Crippen molar-refractivity contribution in [3.8, 4) is 17.0 Å². The van der Waals surface area contributed by atoms with Crippen LogP contribution in [-0.2, 0) is 7.05 Å². The number of phenols is 1. The van der Waals surface area contributed by atoms with Crippen molar-refractivity contribution in [1.82, 2.24) is 9.78 Å². The molecule has 0 spiro atoms. The van der Waals surface area contributed by atoms with Crippen LogP contribution in [0.5, 0.6) is 5.75 Å². The van der Waals surface area contributed by atoms with Crippen LogP contribution < -0.4 is 0 Å². The molecule has 1 heterocycles. The normalized spacial score (nSPS) is 10.6. The Morgan fingerprint density at radius 1 is 1.28 bits per heavy atom. The van der Waals surface area contributed by atoms with Crippen LogP contribution in [0.2, 0.25) is 0 Å². The molecule has 7 heteroatoms. The van der Waals surface area contributed by atoms with E-state index in [1.807, 2.05) is 0 Å². The second-order valence-corrected chi connectivity index (χ2v) is 3.63. The van der Waals surface area contributed by atoms with Crippen molar-refractivity contribution in [1.29, 1.82) is 0 Å². The number of carboxylic acids is 1. The van der Waals surface area contributed by atoms with E-state index in [-0.39, 0.29) is 17.0 Å². The number of rotatable bonds is 2. The molecule has 0 unspecified atom stereocenters. The molecule has 94 valence electrons. The molecule has 2 rings (SSSR count). The van der Waals surface area contributed by atoms with E-state index >= 15 is 0 Å². The highest BCUT2D eigenvalue weighted by Crippen LogP contribution is 2.28. The monoisotopic (exact) mass is 254 g/mol. The summed E-state index contributed by atoms with van der Waals surface area (Å²) in [7, 11) is 1.41. The Balaban J connectivity index is 2.62. The van der Waals surface area contributed by atoms with Crippen molar-refractivity contribution in [2.75, 3.05) is 0 Å². The number of carbonyl (C=O) groups is 1. The van der Waals surface area contributed by atoms with Gasteiger partial charge in [-0.2, -0.15) is 5.10 Å². The van der Waals surface area contributed by atoms with Gasteiger partial charge in [0.1, 0.15) is 5.82 Å². The molecule has 0 aliphatic heterocycles. The van der Waals surface area contributed by atoms with Gasteiger partial charge in [0.2, 0.25) is 0 Å². The SMILES string of the molecule is Cn1nc(C(=O)O)cc1-c1cc(F)c(O)cc1F. The maximum absolute atomic E-state index is 13.6. The second-order valence-electron chi connectivity index (χ2n) is 3.63. The van der Waals surface area contributed by atoms with Crippen molar-refractivity contribution in [3.05, 3.63) is 35.5 Å². The molecule has 18 heavy (non-hydrogen) atoms. The van der Waals surface area contributed by atoms with Crippen LogP contribution in [0.15, 0.2) is 18.2 Å². The van der Waals surface area contributed by atoms with Crippen molar-refractivity contribution >= 4 is 5.97 Å². The average molecular weight is 254 g/mol. The molecule has 2 aromatic rings. The predicted molar refractivity (Wildman–Crippen MR) is 57.2 cm³/mol. The molecule has 0 aliphatic rings. The minimum absolute atomic E-state index is 0.101. The average Bonchev–Trinajstić information content (AvgIpc) is 2.66. The van der Waals surface area contributed by atoms with Gasteiger partial charge in [0, 0.05) is 18.7 Å². The summed E-state index contributed by atoms with van der Waals surface area (Å²) in [5.74, 6) is -3.94. The van der Waals surface area contributed by atoms with Crippen molar-refractivity contribution in [2.24, 2.45) is 7.05 Å². The topological polar surface area (TPSA) is 75.4 Å². The van der Waals surface area contributed by atoms with Crippen LogP contribution in [0, 0.1) is 11.6 Å². The first-order valence-corrected chi connectivity index (χ1v) is 4.86. The third kappa shape index (κ3) is 1.90. The molecule has 2 N–H and O–H groups in total. The summed E-state index contributed by atoms with van der Waals surface area (Å²) >= 11 is 0. The van der Waals surface area contributed by atoms with E-state index in [1.54, 1.807) is 0 Å². The fraction of sp³-hybridized carbons (Fsp3) is 0.0909. The van der Waals surface area contributed by atoms with Gasteiger partial charge >= 0.3 is 5.97 Å². The Labute approximate surface area is 99.9 Å². The predicted octanol–water partition coefficient (Wildman–Crippen LogP) is 1.77. The number of aromatic nitrogens is 2. The van der Waals surface area contributed by atoms with E-state index in [4.69, 9.17) is 10.2 Å². The Hall–Kier alpha value is -2.44. The molecule has 0 radical (unpaired) electrons. The third-order valence-corrected chi connectivity index (χ3v) is 2.41. The van der Waals surface area contributed by atoms with E-state index in [2.05, 4.69) is 5.10 Å². The lowest BCUT2D eigenvalue weighted by Crippen LogP contribution is -1.99. The highest BCUT2D eigenvalue weighted by Gasteiger charge is 2.17. The van der Waals surface area contributed by atoms with Gasteiger partial charge in [-0.1, -0.05) is 0 Å². The number of nitrogens with zero attached hydrogens (tertiary/aromatic N) is 2. The molecular weight excluding hydrogens is 246 g/mol. The number of aromatic hydroxyl groups is 1. The Kier molecular flexibility index (Phi) is 2.74. The first kappa shape index (κ1) is 12.0. The number of phenolic OH excluding ortho intramolecular Hbond substituents is 1. The number of halogens is 2. The Morgan fingerprint density at radius 2 is 1.94 bits per heavy atom. The first-order chi connectivity index (χ1) is 8.40. The van der Waals surface area contributed by atoms with Crippen molar-refractivity contribution in [3.63, 3.8) is 0 Å². The maximum Gasteiger partial charge on any atom is 0.356 e. The number of benzene rings is 1. The quantitative estimate of drug-likeness (QED) is 0.856. The molecule has 0 atom stereocenters. The number of hydrogen-bond donors (Lipinski definition) is 2. The van der Waals surface area contributed by atoms with E-state index < -0.39 is 23.4 Å².